The highest BCUT2D eigenvalue weighted by molar-refractivity contribution is 14.1. The summed E-state index contributed by atoms with van der Waals surface area (Å²) in [6.07, 6.45) is -1.10. The second-order valence-corrected chi connectivity index (χ2v) is 6.24. The smallest absolute Gasteiger partial charge is 0.428 e. The molecule has 19 heavy (non-hydrogen) atoms. The molecule has 0 amide bonds. The molecule has 0 N–H and O–H groups in total. The molecule has 5 nitrogen and oxygen atoms in total. The third-order valence-electron chi connectivity index (χ3n) is 2.17. The fraction of sp³-hybridized carbons (Fsp3) is 0.300. The Hall–Kier alpha value is -0.810. The number of halogens is 3. The largest absolute Gasteiger partial charge is 0.743 e. The molecule has 1 unspecified atom stereocenters. The molecule has 0 heterocycles. The maximum Gasteiger partial charge on any atom is 0.428 e. The minimum atomic E-state index is -6.10. The maximum absolute atomic E-state index is 12.9. The summed E-state index contributed by atoms with van der Waals surface area (Å²) in [6.45, 7) is 1.29. The summed E-state index contributed by atoms with van der Waals surface area (Å²) < 4.78 is 61.7. The van der Waals surface area contributed by atoms with Gasteiger partial charge in [0.05, 0.1) is 0 Å². The van der Waals surface area contributed by atoms with E-state index < -0.39 is 27.4 Å². The van der Waals surface area contributed by atoms with Crippen molar-refractivity contribution in [1.29, 1.82) is 0 Å². The predicted molar refractivity (Wildman–Crippen MR) is 68.3 cm³/mol. The van der Waals surface area contributed by atoms with Gasteiger partial charge in [0.15, 0.2) is 10.1 Å². The average Bonchev–Trinajstić information content (AvgIpc) is 2.28. The fourth-order valence-electron chi connectivity index (χ4n) is 1.13. The van der Waals surface area contributed by atoms with Gasteiger partial charge in [-0.05, 0) is 47.2 Å². The third kappa shape index (κ3) is 3.83. The molecular weight excluding hydrogens is 397 g/mol. The van der Waals surface area contributed by atoms with Crippen molar-refractivity contribution < 1.29 is 31.3 Å². The van der Waals surface area contributed by atoms with E-state index in [1.807, 2.05) is 22.6 Å². The first-order chi connectivity index (χ1) is 8.55. The van der Waals surface area contributed by atoms with Crippen molar-refractivity contribution in [2.75, 3.05) is 0 Å². The van der Waals surface area contributed by atoms with E-state index in [0.29, 0.717) is 5.56 Å². The topological polar surface area (TPSA) is 83.5 Å². The highest BCUT2D eigenvalue weighted by Gasteiger charge is 2.49. The van der Waals surface area contributed by atoms with Gasteiger partial charge in [0.25, 0.3) is 0 Å². The monoisotopic (exact) mass is 405 g/mol. The van der Waals surface area contributed by atoms with Crippen LogP contribution in [0.25, 0.3) is 0 Å². The van der Waals surface area contributed by atoms with Gasteiger partial charge in [-0.15, -0.1) is 0 Å². The van der Waals surface area contributed by atoms with Gasteiger partial charge in [-0.2, -0.15) is 8.78 Å². The first-order valence-corrected chi connectivity index (χ1v) is 7.34. The van der Waals surface area contributed by atoms with E-state index in [0.717, 1.165) is 3.57 Å². The highest BCUT2D eigenvalue weighted by Crippen LogP contribution is 2.26. The normalized spacial score (nSPS) is 13.9. The Kier molecular flexibility index (Phi) is 4.85. The van der Waals surface area contributed by atoms with Crippen LogP contribution in [0.1, 0.15) is 18.6 Å². The molecule has 1 aromatic carbocycles. The first-order valence-electron chi connectivity index (χ1n) is 4.85. The summed E-state index contributed by atoms with van der Waals surface area (Å²) in [6, 6.07) is 6.37. The summed E-state index contributed by atoms with van der Waals surface area (Å²) in [5.41, 5.74) is 0.396. The highest BCUT2D eigenvalue weighted by atomic mass is 127. The lowest BCUT2D eigenvalue weighted by molar-refractivity contribution is -0.166. The summed E-state index contributed by atoms with van der Waals surface area (Å²) in [5, 5.41) is -5.09. The van der Waals surface area contributed by atoms with Crippen molar-refractivity contribution in [2.45, 2.75) is 18.3 Å². The second-order valence-electron chi connectivity index (χ2n) is 3.57. The van der Waals surface area contributed by atoms with Crippen LogP contribution < -0.4 is 0 Å². The van der Waals surface area contributed by atoms with Crippen LogP contribution in [0.5, 0.6) is 0 Å². The molecule has 0 aromatic heterocycles. The number of benzene rings is 1. The molecule has 0 saturated heterocycles. The lowest BCUT2D eigenvalue weighted by atomic mass is 10.1. The molecule has 0 radical (unpaired) electrons. The maximum atomic E-state index is 12.9. The quantitative estimate of drug-likeness (QED) is 0.435. The van der Waals surface area contributed by atoms with Gasteiger partial charge < -0.3 is 9.29 Å². The van der Waals surface area contributed by atoms with Crippen LogP contribution in [0.4, 0.5) is 8.78 Å². The van der Waals surface area contributed by atoms with Crippen LogP contribution in [0.15, 0.2) is 24.3 Å². The third-order valence-corrected chi connectivity index (χ3v) is 3.69. The molecule has 0 aliphatic heterocycles. The van der Waals surface area contributed by atoms with E-state index in [-0.39, 0.29) is 0 Å². The van der Waals surface area contributed by atoms with E-state index in [9.17, 15) is 26.5 Å². The molecule has 1 atom stereocenters. The zero-order chi connectivity index (χ0) is 14.8. The van der Waals surface area contributed by atoms with E-state index in [1.165, 1.54) is 19.1 Å². The average molecular weight is 405 g/mol. The van der Waals surface area contributed by atoms with Gasteiger partial charge in [0, 0.05) is 3.57 Å². The molecule has 1 rings (SSSR count). The first kappa shape index (κ1) is 16.2. The zero-order valence-corrected chi connectivity index (χ0v) is 12.4. The zero-order valence-electron chi connectivity index (χ0n) is 9.47. The minimum absolute atomic E-state index is 0.396. The molecule has 0 saturated carbocycles. The van der Waals surface area contributed by atoms with Crippen LogP contribution in [0.3, 0.4) is 0 Å². The van der Waals surface area contributed by atoms with Crippen molar-refractivity contribution in [3.05, 3.63) is 33.4 Å². The summed E-state index contributed by atoms with van der Waals surface area (Å²) >= 11 is 2.02. The van der Waals surface area contributed by atoms with Gasteiger partial charge in [-0.3, -0.25) is 0 Å². The number of ether oxygens (including phenoxy) is 1. The van der Waals surface area contributed by atoms with Crippen molar-refractivity contribution in [1.82, 2.24) is 0 Å². The Balaban J connectivity index is 2.86. The molecule has 0 aliphatic rings. The lowest BCUT2D eigenvalue weighted by Crippen LogP contribution is -2.39. The van der Waals surface area contributed by atoms with Gasteiger partial charge in [0.1, 0.15) is 6.10 Å². The number of carbonyl (C=O) groups is 1. The Morgan fingerprint density at radius 2 is 1.84 bits per heavy atom. The molecular formula is C10H8F2IO5S-. The number of hydrogen-bond acceptors (Lipinski definition) is 5. The SMILES string of the molecule is CC(OC(=O)C(F)(F)S(=O)(=O)[O-])c1ccc(I)cc1. The van der Waals surface area contributed by atoms with Gasteiger partial charge in [-0.1, -0.05) is 12.1 Å². The number of alkyl halides is 2. The lowest BCUT2D eigenvalue weighted by Gasteiger charge is -2.21. The molecule has 0 spiro atoms. The fourth-order valence-corrected chi connectivity index (χ4v) is 1.74. The van der Waals surface area contributed by atoms with Crippen molar-refractivity contribution in [3.63, 3.8) is 0 Å². The van der Waals surface area contributed by atoms with E-state index in [2.05, 4.69) is 4.74 Å². The van der Waals surface area contributed by atoms with Gasteiger partial charge in [-0.25, -0.2) is 13.2 Å². The van der Waals surface area contributed by atoms with E-state index in [4.69, 9.17) is 0 Å². The van der Waals surface area contributed by atoms with E-state index in [1.54, 1.807) is 12.1 Å². The number of carbonyl (C=O) groups excluding carboxylic acids is 1. The van der Waals surface area contributed by atoms with Crippen LogP contribution in [-0.2, 0) is 19.6 Å². The predicted octanol–water partition coefficient (Wildman–Crippen LogP) is 2.03. The molecule has 0 fully saturated rings. The van der Waals surface area contributed by atoms with Crippen molar-refractivity contribution in [2.24, 2.45) is 0 Å². The molecule has 1 aromatic rings. The number of esters is 1. The number of rotatable bonds is 4. The van der Waals surface area contributed by atoms with Crippen LogP contribution in [0, 0.1) is 3.57 Å². The van der Waals surface area contributed by atoms with Crippen LogP contribution in [-0.4, -0.2) is 24.2 Å². The Labute approximate surface area is 121 Å². The minimum Gasteiger partial charge on any atom is -0.743 e. The van der Waals surface area contributed by atoms with Crippen LogP contribution >= 0.6 is 22.6 Å². The summed E-state index contributed by atoms with van der Waals surface area (Å²) in [7, 11) is -6.10. The van der Waals surface area contributed by atoms with Crippen molar-refractivity contribution in [3.8, 4) is 0 Å². The van der Waals surface area contributed by atoms with Gasteiger partial charge in [0.2, 0.25) is 0 Å². The summed E-state index contributed by atoms with van der Waals surface area (Å²) in [5.74, 6) is -2.38. The molecule has 106 valence electrons. The molecule has 0 aliphatic carbocycles. The second kappa shape index (κ2) is 5.67. The van der Waals surface area contributed by atoms with Crippen LogP contribution in [0.2, 0.25) is 0 Å². The molecule has 0 bridgehead atoms. The Morgan fingerprint density at radius 3 is 2.26 bits per heavy atom. The van der Waals surface area contributed by atoms with Crippen molar-refractivity contribution >= 4 is 38.7 Å². The standard InChI is InChI=1S/C10H9F2IO5S/c1-6(7-2-4-8(13)5-3-7)18-9(14)10(11,12)19(15,16)17/h2-6H,1H3,(H,15,16,17)/p-1. The van der Waals surface area contributed by atoms with Gasteiger partial charge >= 0.3 is 11.2 Å². The number of hydrogen-bond donors (Lipinski definition) is 0. The molecule has 9 heteroatoms. The Bertz CT molecular complexity index is 570. The van der Waals surface area contributed by atoms with E-state index >= 15 is 0 Å². The Morgan fingerprint density at radius 1 is 1.37 bits per heavy atom. The summed E-state index contributed by atoms with van der Waals surface area (Å²) in [4.78, 5) is 11.0.